The second-order valence-electron chi connectivity index (χ2n) is 12.3. The number of hydrogen-bond donors (Lipinski definition) is 4. The molecule has 3 atom stereocenters. The van der Waals surface area contributed by atoms with Crippen LogP contribution in [0.15, 0.2) is 65.9 Å². The second kappa shape index (κ2) is 15.1. The molecule has 4 aromatic rings. The van der Waals surface area contributed by atoms with Gasteiger partial charge in [0.1, 0.15) is 0 Å². The van der Waals surface area contributed by atoms with Crippen LogP contribution in [0.2, 0.25) is 0 Å². The molecule has 1 aliphatic carbocycles. The minimum absolute atomic E-state index is 0.0697. The molecule has 1 saturated heterocycles. The number of aromatic nitrogens is 2. The van der Waals surface area contributed by atoms with Gasteiger partial charge in [-0.15, -0.1) is 4.99 Å². The number of carboxylic acid groups (broad SMARTS) is 1. The Morgan fingerprint density at radius 1 is 1.09 bits per heavy atom. The second-order valence-corrected chi connectivity index (χ2v) is 12.3. The molecule has 2 aromatic heterocycles. The van der Waals surface area contributed by atoms with Gasteiger partial charge in [-0.25, -0.2) is 0 Å². The van der Waals surface area contributed by atoms with Crippen LogP contribution >= 0.6 is 0 Å². The van der Waals surface area contributed by atoms with E-state index in [4.69, 9.17) is 0 Å². The summed E-state index contributed by atoms with van der Waals surface area (Å²) in [7, 11) is 0. The fourth-order valence-electron chi connectivity index (χ4n) is 6.64. The van der Waals surface area contributed by atoms with E-state index in [1.165, 1.54) is 22.3 Å². The summed E-state index contributed by atoms with van der Waals surface area (Å²) < 4.78 is 0. The molecular weight excluding hydrogens is 574 g/mol. The van der Waals surface area contributed by atoms with Crippen LogP contribution in [-0.4, -0.2) is 64.6 Å². The molecule has 2 aromatic carbocycles. The number of carboxylic acids is 1. The van der Waals surface area contributed by atoms with E-state index in [1.54, 1.807) is 0 Å². The smallest absolute Gasteiger partial charge is 0.307 e. The average molecular weight is 620 g/mol. The number of fused-ring (bicyclic) bond motifs is 1. The lowest BCUT2D eigenvalue weighted by Gasteiger charge is -2.21. The third-order valence-corrected chi connectivity index (χ3v) is 8.96. The number of nitrogens with one attached hydrogen (secondary N) is 3. The van der Waals surface area contributed by atoms with Crippen molar-refractivity contribution >= 4 is 22.8 Å². The zero-order chi connectivity index (χ0) is 32.6. The lowest BCUT2D eigenvalue weighted by atomic mass is 9.98. The van der Waals surface area contributed by atoms with E-state index in [2.05, 4.69) is 107 Å². The van der Waals surface area contributed by atoms with Crippen molar-refractivity contribution in [1.29, 1.82) is 5.26 Å². The number of nitriles is 1. The first kappa shape index (κ1) is 32.7. The Hall–Kier alpha value is -4.68. The number of carbonyl (C=O) groups is 1. The minimum atomic E-state index is -0.720. The van der Waals surface area contributed by atoms with Gasteiger partial charge in [0, 0.05) is 54.5 Å². The van der Waals surface area contributed by atoms with E-state index in [-0.39, 0.29) is 11.8 Å². The fraction of sp³-hybridized carbons (Fsp3) is 0.405. The number of H-pyrrole nitrogens is 1. The summed E-state index contributed by atoms with van der Waals surface area (Å²) in [6.07, 6.45) is 8.03. The molecule has 2 fully saturated rings. The maximum atomic E-state index is 11.5. The number of aromatic amines is 1. The number of aliphatic imine (C=N–C) groups is 1. The highest BCUT2D eigenvalue weighted by atomic mass is 16.4. The number of likely N-dealkylation sites (tertiary alicyclic amines) is 1. The van der Waals surface area contributed by atoms with Crippen LogP contribution in [0.4, 0.5) is 0 Å². The highest BCUT2D eigenvalue weighted by molar-refractivity contribution is 5.92. The van der Waals surface area contributed by atoms with Gasteiger partial charge in [0.2, 0.25) is 12.2 Å². The van der Waals surface area contributed by atoms with Gasteiger partial charge in [0.25, 0.3) is 0 Å². The lowest BCUT2D eigenvalue weighted by Crippen LogP contribution is -2.40. The summed E-state index contributed by atoms with van der Waals surface area (Å²) in [5, 5.41) is 26.6. The Labute approximate surface area is 271 Å². The Morgan fingerprint density at radius 3 is 2.46 bits per heavy atom. The number of hydrogen-bond acceptors (Lipinski definition) is 5. The SMILES string of the molecule is CCNCC.Cc1cc(C)cc(-c2[nH]c3ccc(C4CC4C(=O)O)cc3c2CCNC(=NC#N)N2CCC(c3ccncc3)C2)c1. The van der Waals surface area contributed by atoms with Gasteiger partial charge in [0.15, 0.2) is 0 Å². The van der Waals surface area contributed by atoms with E-state index < -0.39 is 5.97 Å². The van der Waals surface area contributed by atoms with E-state index in [9.17, 15) is 15.2 Å². The first-order valence-corrected chi connectivity index (χ1v) is 16.3. The molecule has 1 saturated carbocycles. The first-order valence-electron chi connectivity index (χ1n) is 16.3. The number of aliphatic carboxylic acids is 1. The van der Waals surface area contributed by atoms with Crippen LogP contribution in [0.25, 0.3) is 22.2 Å². The molecule has 9 heteroatoms. The Balaban J connectivity index is 0.000000775. The molecule has 2 aliphatic rings. The number of benzene rings is 2. The van der Waals surface area contributed by atoms with Crippen molar-refractivity contribution in [2.45, 2.75) is 58.8 Å². The highest BCUT2D eigenvalue weighted by Crippen LogP contribution is 2.48. The summed E-state index contributed by atoms with van der Waals surface area (Å²) in [5.74, 6) is 0.0440. The predicted octanol–water partition coefficient (Wildman–Crippen LogP) is 6.11. The molecule has 240 valence electrons. The van der Waals surface area contributed by atoms with Gasteiger partial charge in [-0.05, 0) is 111 Å². The number of aryl methyl sites for hydroxylation is 2. The Kier molecular flexibility index (Phi) is 10.7. The molecule has 6 rings (SSSR count). The van der Waals surface area contributed by atoms with Crippen LogP contribution < -0.4 is 10.6 Å². The third kappa shape index (κ3) is 7.75. The average Bonchev–Trinajstić information content (AvgIpc) is 3.56. The molecule has 0 radical (unpaired) electrons. The van der Waals surface area contributed by atoms with Crippen molar-refractivity contribution < 1.29 is 9.90 Å². The molecule has 4 N–H and O–H groups in total. The summed E-state index contributed by atoms with van der Waals surface area (Å²) in [6.45, 7) is 12.8. The molecule has 46 heavy (non-hydrogen) atoms. The van der Waals surface area contributed by atoms with Crippen molar-refractivity contribution in [3.8, 4) is 17.5 Å². The third-order valence-electron chi connectivity index (χ3n) is 8.96. The van der Waals surface area contributed by atoms with Crippen LogP contribution in [-0.2, 0) is 11.2 Å². The van der Waals surface area contributed by atoms with Crippen molar-refractivity contribution in [3.05, 3.63) is 88.7 Å². The van der Waals surface area contributed by atoms with Crippen molar-refractivity contribution in [3.63, 3.8) is 0 Å². The van der Waals surface area contributed by atoms with E-state index in [0.717, 1.165) is 60.3 Å². The molecule has 0 spiro atoms. The standard InChI is InChI=1S/C33H34N6O2.C4H11N/c1-20-13-21(2)15-25(14-20)31-26(28-16-23(3-4-30(28)38-31)27-17-29(27)32(40)41)7-11-36-33(37-19-34)39-12-8-24(18-39)22-5-9-35-10-6-22;1-3-5-4-2/h3-6,9-10,13-16,24,27,29,38H,7-8,11-12,17-18H2,1-2H3,(H,36,37)(H,40,41);5H,3-4H2,1-2H3. The number of rotatable bonds is 9. The molecule has 3 unspecified atom stereocenters. The first-order chi connectivity index (χ1) is 22.3. The van der Waals surface area contributed by atoms with Crippen LogP contribution in [0.5, 0.6) is 0 Å². The van der Waals surface area contributed by atoms with E-state index in [1.807, 2.05) is 18.6 Å². The molecule has 0 amide bonds. The maximum Gasteiger partial charge on any atom is 0.307 e. The molecule has 9 nitrogen and oxygen atoms in total. The molecule has 0 bridgehead atoms. The monoisotopic (exact) mass is 619 g/mol. The fourth-order valence-corrected chi connectivity index (χ4v) is 6.64. The molecular formula is C37H45N7O2. The number of nitrogens with zero attached hydrogens (tertiary/aromatic N) is 4. The summed E-state index contributed by atoms with van der Waals surface area (Å²) in [5.41, 5.74) is 9.17. The van der Waals surface area contributed by atoms with Gasteiger partial charge < -0.3 is 25.6 Å². The van der Waals surface area contributed by atoms with Crippen LogP contribution in [0.3, 0.4) is 0 Å². The van der Waals surface area contributed by atoms with Gasteiger partial charge in [-0.3, -0.25) is 9.78 Å². The van der Waals surface area contributed by atoms with Crippen LogP contribution in [0.1, 0.15) is 66.3 Å². The topological polar surface area (TPSA) is 129 Å². The van der Waals surface area contributed by atoms with Gasteiger partial charge >= 0.3 is 5.97 Å². The summed E-state index contributed by atoms with van der Waals surface area (Å²) in [6, 6.07) is 17.0. The van der Waals surface area contributed by atoms with Gasteiger partial charge in [-0.2, -0.15) is 5.26 Å². The number of pyridine rings is 1. The zero-order valence-corrected chi connectivity index (χ0v) is 27.3. The zero-order valence-electron chi connectivity index (χ0n) is 27.3. The predicted molar refractivity (Wildman–Crippen MR) is 184 cm³/mol. The lowest BCUT2D eigenvalue weighted by molar-refractivity contribution is -0.138. The van der Waals surface area contributed by atoms with Crippen molar-refractivity contribution in [1.82, 2.24) is 25.5 Å². The Bertz CT molecular complexity index is 1700. The Morgan fingerprint density at radius 2 is 1.83 bits per heavy atom. The van der Waals surface area contributed by atoms with Crippen molar-refractivity contribution in [2.75, 3.05) is 32.7 Å². The molecule has 3 heterocycles. The van der Waals surface area contributed by atoms with E-state index >= 15 is 0 Å². The van der Waals surface area contributed by atoms with Gasteiger partial charge in [0.05, 0.1) is 5.92 Å². The summed E-state index contributed by atoms with van der Waals surface area (Å²) in [4.78, 5) is 25.6. The largest absolute Gasteiger partial charge is 0.481 e. The van der Waals surface area contributed by atoms with E-state index in [0.29, 0.717) is 31.3 Å². The van der Waals surface area contributed by atoms with Crippen LogP contribution in [0, 0.1) is 31.2 Å². The normalized spacial score (nSPS) is 19.0. The maximum absolute atomic E-state index is 11.5. The highest BCUT2D eigenvalue weighted by Gasteiger charge is 2.44. The minimum Gasteiger partial charge on any atom is -0.481 e. The van der Waals surface area contributed by atoms with Crippen molar-refractivity contribution in [2.24, 2.45) is 10.9 Å². The quantitative estimate of drug-likeness (QED) is 0.101. The molecule has 1 aliphatic heterocycles. The number of guanidine groups is 1. The summed E-state index contributed by atoms with van der Waals surface area (Å²) >= 11 is 0. The van der Waals surface area contributed by atoms with Gasteiger partial charge in [-0.1, -0.05) is 37.1 Å².